The van der Waals surface area contributed by atoms with E-state index in [0.717, 1.165) is 24.8 Å². The quantitative estimate of drug-likeness (QED) is 0.374. The Hall–Kier alpha value is -3.82. The number of carbonyl (C=O) groups excluding carboxylic acids is 1. The summed E-state index contributed by atoms with van der Waals surface area (Å²) in [5.41, 5.74) is 2.62. The number of benzene rings is 2. The van der Waals surface area contributed by atoms with Crippen LogP contribution in [-0.2, 0) is 10.0 Å². The van der Waals surface area contributed by atoms with Crippen molar-refractivity contribution in [2.24, 2.45) is 0 Å². The van der Waals surface area contributed by atoms with E-state index in [-0.39, 0.29) is 11.3 Å². The molecule has 1 aromatic heterocycles. The van der Waals surface area contributed by atoms with Gasteiger partial charge in [0.2, 0.25) is 10.0 Å². The van der Waals surface area contributed by atoms with Crippen molar-refractivity contribution in [3.8, 4) is 11.1 Å². The number of anilines is 1. The number of aromatic nitrogens is 1. The van der Waals surface area contributed by atoms with Gasteiger partial charge in [0.1, 0.15) is 0 Å². The van der Waals surface area contributed by atoms with Crippen LogP contribution >= 0.6 is 0 Å². The van der Waals surface area contributed by atoms with Gasteiger partial charge in [-0.1, -0.05) is 24.3 Å². The van der Waals surface area contributed by atoms with Crippen molar-refractivity contribution in [3.05, 3.63) is 82.6 Å². The van der Waals surface area contributed by atoms with Gasteiger partial charge >= 0.3 is 0 Å². The molecule has 1 aliphatic heterocycles. The number of fused-ring (bicyclic) bond motifs is 2. The van der Waals surface area contributed by atoms with Gasteiger partial charge in [0.25, 0.3) is 5.91 Å². The molecule has 1 amide bonds. The zero-order chi connectivity index (χ0) is 26.9. The summed E-state index contributed by atoms with van der Waals surface area (Å²) < 4.78 is 25.8. The number of hydrogen-bond donors (Lipinski definition) is 2. The van der Waals surface area contributed by atoms with Gasteiger partial charge in [0.15, 0.2) is 5.43 Å². The minimum atomic E-state index is -3.48. The minimum absolute atomic E-state index is 0.130. The van der Waals surface area contributed by atoms with Gasteiger partial charge in [0, 0.05) is 46.4 Å². The Morgan fingerprint density at radius 3 is 2.63 bits per heavy atom. The minimum Gasteiger partial charge on any atom is -0.352 e. The van der Waals surface area contributed by atoms with E-state index in [1.807, 2.05) is 12.1 Å². The molecule has 0 aliphatic carbocycles. The van der Waals surface area contributed by atoms with Crippen molar-refractivity contribution in [1.29, 1.82) is 0 Å². The second kappa shape index (κ2) is 10.5. The predicted molar refractivity (Wildman–Crippen MR) is 152 cm³/mol. The number of hydrogen-bond acceptors (Lipinski definition) is 6. The number of carbonyl (C=O) groups is 1. The Labute approximate surface area is 221 Å². The standard InChI is InChI=1S/C29H30N4O4S/c1-33-14-4-7-24(33)12-13-30-29(35)21-6-3-5-20(15-21)22-16-26-27(31-18-22)11-9-19-8-10-23(32-38(2,36)37)17-25(19)28(26)34/h3,5-6,8-11,15-18,24,32H,4,7,12-14H2,1-2H3,(H,30,35). The molecule has 4 aromatic rings. The zero-order valence-corrected chi connectivity index (χ0v) is 22.2. The monoisotopic (exact) mass is 530 g/mol. The van der Waals surface area contributed by atoms with Crippen molar-refractivity contribution in [2.75, 3.05) is 31.1 Å². The van der Waals surface area contributed by atoms with Crippen LogP contribution < -0.4 is 15.5 Å². The molecule has 0 bridgehead atoms. The third kappa shape index (κ3) is 5.69. The van der Waals surface area contributed by atoms with Crippen molar-refractivity contribution >= 4 is 43.3 Å². The van der Waals surface area contributed by atoms with Crippen LogP contribution in [0.1, 0.15) is 29.6 Å². The first-order valence-corrected chi connectivity index (χ1v) is 14.5. The first kappa shape index (κ1) is 25.8. The molecule has 5 rings (SSSR count). The number of amides is 1. The van der Waals surface area contributed by atoms with E-state index in [1.54, 1.807) is 54.7 Å². The Balaban J connectivity index is 1.44. The lowest BCUT2D eigenvalue weighted by Gasteiger charge is -2.19. The third-order valence-corrected chi connectivity index (χ3v) is 7.68. The molecule has 0 spiro atoms. The molecular formula is C29H30N4O4S. The Morgan fingerprint density at radius 2 is 1.87 bits per heavy atom. The van der Waals surface area contributed by atoms with Crippen molar-refractivity contribution < 1.29 is 13.2 Å². The second-order valence-electron chi connectivity index (χ2n) is 9.90. The van der Waals surface area contributed by atoms with E-state index in [4.69, 9.17) is 0 Å². The van der Waals surface area contributed by atoms with Crippen LogP contribution in [0.3, 0.4) is 0 Å². The number of likely N-dealkylation sites (tertiary alicyclic amines) is 1. The fourth-order valence-corrected chi connectivity index (χ4v) is 5.63. The first-order valence-electron chi connectivity index (χ1n) is 12.6. The molecule has 0 saturated carbocycles. The fourth-order valence-electron chi connectivity index (χ4n) is 5.08. The highest BCUT2D eigenvalue weighted by atomic mass is 32.2. The molecule has 3 aromatic carbocycles. The summed E-state index contributed by atoms with van der Waals surface area (Å²) in [6.07, 6.45) is 6.05. The number of sulfonamides is 1. The smallest absolute Gasteiger partial charge is 0.251 e. The molecule has 1 atom stereocenters. The highest BCUT2D eigenvalue weighted by Crippen LogP contribution is 2.25. The summed E-state index contributed by atoms with van der Waals surface area (Å²) in [5, 5.41) is 4.50. The molecule has 2 N–H and O–H groups in total. The van der Waals surface area contributed by atoms with E-state index >= 15 is 0 Å². The highest BCUT2D eigenvalue weighted by Gasteiger charge is 2.20. The van der Waals surface area contributed by atoms with E-state index in [0.29, 0.717) is 51.1 Å². The first-order chi connectivity index (χ1) is 18.2. The fraction of sp³-hybridized carbons (Fsp3) is 0.276. The largest absolute Gasteiger partial charge is 0.352 e. The summed E-state index contributed by atoms with van der Waals surface area (Å²) in [7, 11) is -1.36. The van der Waals surface area contributed by atoms with Crippen LogP contribution in [0.25, 0.3) is 32.8 Å². The molecule has 38 heavy (non-hydrogen) atoms. The van der Waals surface area contributed by atoms with Crippen LogP contribution in [0, 0.1) is 0 Å². The van der Waals surface area contributed by atoms with Crippen molar-refractivity contribution in [2.45, 2.75) is 25.3 Å². The van der Waals surface area contributed by atoms with Crippen LogP contribution in [-0.4, -0.2) is 56.6 Å². The lowest BCUT2D eigenvalue weighted by molar-refractivity contribution is 0.0950. The molecule has 1 saturated heterocycles. The van der Waals surface area contributed by atoms with Gasteiger partial charge < -0.3 is 10.2 Å². The number of pyridine rings is 1. The molecule has 1 unspecified atom stereocenters. The lowest BCUT2D eigenvalue weighted by atomic mass is 10.0. The second-order valence-corrected chi connectivity index (χ2v) is 11.6. The maximum Gasteiger partial charge on any atom is 0.251 e. The molecule has 0 radical (unpaired) electrons. The molecule has 2 heterocycles. The van der Waals surface area contributed by atoms with E-state index < -0.39 is 10.0 Å². The number of rotatable bonds is 7. The summed E-state index contributed by atoms with van der Waals surface area (Å²) >= 11 is 0. The van der Waals surface area contributed by atoms with Gasteiger partial charge in [-0.15, -0.1) is 0 Å². The Morgan fingerprint density at radius 1 is 1.05 bits per heavy atom. The van der Waals surface area contributed by atoms with Gasteiger partial charge in [0.05, 0.1) is 11.8 Å². The average Bonchev–Trinajstić information content (AvgIpc) is 3.24. The van der Waals surface area contributed by atoms with Crippen molar-refractivity contribution in [1.82, 2.24) is 15.2 Å². The summed E-state index contributed by atoms with van der Waals surface area (Å²) in [4.78, 5) is 33.2. The van der Waals surface area contributed by atoms with E-state index in [9.17, 15) is 18.0 Å². The van der Waals surface area contributed by atoms with Crippen LogP contribution in [0.2, 0.25) is 0 Å². The maximum absolute atomic E-state index is 13.5. The molecular weight excluding hydrogens is 500 g/mol. The molecule has 9 heteroatoms. The van der Waals surface area contributed by atoms with E-state index in [1.165, 1.54) is 12.8 Å². The predicted octanol–water partition coefficient (Wildman–Crippen LogP) is 4.00. The third-order valence-electron chi connectivity index (χ3n) is 7.08. The van der Waals surface area contributed by atoms with Crippen LogP contribution in [0.5, 0.6) is 0 Å². The van der Waals surface area contributed by atoms with Gasteiger partial charge in [-0.2, -0.15) is 0 Å². The van der Waals surface area contributed by atoms with Crippen molar-refractivity contribution in [3.63, 3.8) is 0 Å². The van der Waals surface area contributed by atoms with Crippen LogP contribution in [0.4, 0.5) is 5.69 Å². The Bertz CT molecular complexity index is 1700. The zero-order valence-electron chi connectivity index (χ0n) is 21.4. The van der Waals surface area contributed by atoms with E-state index in [2.05, 4.69) is 27.0 Å². The number of nitrogens with one attached hydrogen (secondary N) is 2. The molecule has 1 aliphatic rings. The van der Waals surface area contributed by atoms with Crippen LogP contribution in [0.15, 0.2) is 71.7 Å². The summed E-state index contributed by atoms with van der Waals surface area (Å²) in [6.45, 7) is 1.73. The molecule has 8 nitrogen and oxygen atoms in total. The SMILES string of the molecule is CN1CCCC1CCNC(=O)c1cccc(-c2cnc3ccc4ccc(NS(C)(=O)=O)cc4c(=O)c3c2)c1. The van der Waals surface area contributed by atoms with Gasteiger partial charge in [-0.25, -0.2) is 8.42 Å². The molecule has 196 valence electrons. The Kier molecular flexibility index (Phi) is 7.14. The maximum atomic E-state index is 13.5. The lowest BCUT2D eigenvalue weighted by Crippen LogP contribution is -2.31. The summed E-state index contributed by atoms with van der Waals surface area (Å²) in [6, 6.07) is 18.0. The van der Waals surface area contributed by atoms with Gasteiger partial charge in [-0.3, -0.25) is 19.3 Å². The topological polar surface area (TPSA) is 108 Å². The summed E-state index contributed by atoms with van der Waals surface area (Å²) in [5.74, 6) is -0.130. The molecule has 1 fully saturated rings. The normalized spacial score (nSPS) is 16.1. The average molecular weight is 531 g/mol. The number of nitrogens with zero attached hydrogens (tertiary/aromatic N) is 2. The van der Waals surface area contributed by atoms with Gasteiger partial charge in [-0.05, 0) is 80.2 Å². The highest BCUT2D eigenvalue weighted by molar-refractivity contribution is 7.92.